The molecular formula is C52H46O8. The molecule has 0 aliphatic rings. The fraction of sp³-hybridized carbons (Fsp3) is 0.135. The van der Waals surface area contributed by atoms with E-state index in [9.17, 15) is 4.79 Å². The Balaban J connectivity index is 1.09. The van der Waals surface area contributed by atoms with Gasteiger partial charge in [-0.2, -0.15) is 0 Å². The van der Waals surface area contributed by atoms with Gasteiger partial charge in [0, 0.05) is 24.3 Å². The number of esters is 1. The Morgan fingerprint density at radius 3 is 0.817 bits per heavy atom. The van der Waals surface area contributed by atoms with E-state index >= 15 is 0 Å². The number of rotatable bonds is 21. The van der Waals surface area contributed by atoms with Gasteiger partial charge in [0.05, 0.1) is 0 Å². The van der Waals surface area contributed by atoms with Crippen molar-refractivity contribution in [2.75, 3.05) is 0 Å². The minimum atomic E-state index is -0.533. The van der Waals surface area contributed by atoms with Crippen LogP contribution in [0.3, 0.4) is 0 Å². The molecular weight excluding hydrogens is 753 g/mol. The minimum absolute atomic E-state index is 0.00101. The van der Waals surface area contributed by atoms with Crippen LogP contribution in [0.4, 0.5) is 0 Å². The van der Waals surface area contributed by atoms with Gasteiger partial charge in [-0.25, -0.2) is 4.79 Å². The van der Waals surface area contributed by atoms with Crippen LogP contribution in [-0.4, -0.2) is 5.97 Å². The summed E-state index contributed by atoms with van der Waals surface area (Å²) in [5.41, 5.74) is 6.56. The Morgan fingerprint density at radius 1 is 0.333 bits per heavy atom. The van der Waals surface area contributed by atoms with Gasteiger partial charge in [-0.3, -0.25) is 0 Å². The maximum Gasteiger partial charge on any atom is 0.330 e. The maximum absolute atomic E-state index is 12.0. The smallest absolute Gasteiger partial charge is 0.330 e. The van der Waals surface area contributed by atoms with E-state index in [0.29, 0.717) is 66.5 Å². The fourth-order valence-corrected chi connectivity index (χ4v) is 6.15. The average Bonchev–Trinajstić information content (AvgIpc) is 3.30. The van der Waals surface area contributed by atoms with E-state index < -0.39 is 5.97 Å². The molecule has 8 heteroatoms. The topological polar surface area (TPSA) is 81.7 Å². The molecule has 7 aromatic rings. The quantitative estimate of drug-likeness (QED) is 0.0525. The van der Waals surface area contributed by atoms with E-state index in [1.807, 2.05) is 176 Å². The second-order valence-electron chi connectivity index (χ2n) is 13.9. The highest BCUT2D eigenvalue weighted by molar-refractivity contribution is 5.81. The number of ether oxygens (including phenoxy) is 7. The molecule has 7 rings (SSSR count). The molecule has 0 aliphatic carbocycles. The number of hydrogen-bond donors (Lipinski definition) is 0. The normalized spacial score (nSPS) is 10.6. The van der Waals surface area contributed by atoms with Crippen molar-refractivity contribution < 1.29 is 38.0 Å². The van der Waals surface area contributed by atoms with Gasteiger partial charge in [-0.15, -0.1) is 0 Å². The molecule has 0 atom stereocenters. The molecule has 60 heavy (non-hydrogen) atoms. The van der Waals surface area contributed by atoms with Crippen LogP contribution in [0.25, 0.3) is 0 Å². The van der Waals surface area contributed by atoms with Crippen molar-refractivity contribution in [1.82, 2.24) is 0 Å². The van der Waals surface area contributed by atoms with E-state index in [4.69, 9.17) is 33.2 Å². The van der Waals surface area contributed by atoms with Crippen LogP contribution < -0.4 is 28.4 Å². The summed E-state index contributed by atoms with van der Waals surface area (Å²) in [5, 5.41) is 0. The summed E-state index contributed by atoms with van der Waals surface area (Å²) in [7, 11) is 0. The van der Waals surface area contributed by atoms with Crippen molar-refractivity contribution in [2.45, 2.75) is 46.2 Å². The van der Waals surface area contributed by atoms with Crippen molar-refractivity contribution in [3.63, 3.8) is 0 Å². The lowest BCUT2D eigenvalue weighted by Crippen LogP contribution is -2.04. The van der Waals surface area contributed by atoms with Gasteiger partial charge >= 0.3 is 5.97 Å². The molecule has 0 saturated heterocycles. The Labute approximate surface area is 351 Å². The molecule has 7 aromatic carbocycles. The summed E-state index contributed by atoms with van der Waals surface area (Å²) >= 11 is 0. The molecule has 8 nitrogen and oxygen atoms in total. The Morgan fingerprint density at radius 2 is 0.567 bits per heavy atom. The lowest BCUT2D eigenvalue weighted by Gasteiger charge is -2.16. The van der Waals surface area contributed by atoms with Crippen molar-refractivity contribution >= 4 is 5.97 Å². The van der Waals surface area contributed by atoms with Gasteiger partial charge in [0.15, 0.2) is 0 Å². The third-order valence-corrected chi connectivity index (χ3v) is 9.17. The van der Waals surface area contributed by atoms with Crippen LogP contribution in [0.2, 0.25) is 0 Å². The van der Waals surface area contributed by atoms with Gasteiger partial charge in [0.25, 0.3) is 0 Å². The van der Waals surface area contributed by atoms with Crippen molar-refractivity contribution in [3.8, 4) is 34.5 Å². The number of hydrogen-bond acceptors (Lipinski definition) is 8. The molecule has 302 valence electrons. The molecule has 0 amide bonds. The van der Waals surface area contributed by atoms with Crippen LogP contribution in [0.15, 0.2) is 189 Å². The summed E-state index contributed by atoms with van der Waals surface area (Å²) in [4.78, 5) is 12.0. The third-order valence-electron chi connectivity index (χ3n) is 9.17. The summed E-state index contributed by atoms with van der Waals surface area (Å²) < 4.78 is 43.0. The molecule has 0 aromatic heterocycles. The van der Waals surface area contributed by atoms with E-state index in [2.05, 4.69) is 6.58 Å². The summed E-state index contributed by atoms with van der Waals surface area (Å²) in [6, 6.07) is 56.9. The summed E-state index contributed by atoms with van der Waals surface area (Å²) in [5.74, 6) is 3.11. The zero-order valence-electron chi connectivity index (χ0n) is 33.2. The largest absolute Gasteiger partial charge is 0.489 e. The Kier molecular flexibility index (Phi) is 14.5. The van der Waals surface area contributed by atoms with Crippen molar-refractivity contribution in [3.05, 3.63) is 228 Å². The molecule has 0 bridgehead atoms. The Hall–Kier alpha value is -7.45. The standard InChI is InChI=1S/C52H46O8/c1-2-52(53)60-38-45-27-50(58-36-43-23-46(54-32-39-15-7-3-8-16-39)29-47(24-43)55-33-40-17-9-4-10-18-40)31-51(28-45)59-37-44-25-48(56-34-41-19-11-5-12-20-41)30-49(26-44)57-35-42-21-13-6-14-22-42/h2-31H,1,32-38H2. The first-order valence-electron chi connectivity index (χ1n) is 19.7. The van der Waals surface area contributed by atoms with E-state index in [0.717, 1.165) is 39.5 Å². The number of carbonyl (C=O) groups excluding carboxylic acids is 1. The fourth-order valence-electron chi connectivity index (χ4n) is 6.15. The zero-order valence-corrected chi connectivity index (χ0v) is 33.2. The predicted octanol–water partition coefficient (Wildman–Crippen LogP) is 11.4. The first kappa shape index (κ1) is 40.7. The molecule has 0 radical (unpaired) electrons. The van der Waals surface area contributed by atoms with Gasteiger partial charge in [0.2, 0.25) is 0 Å². The van der Waals surface area contributed by atoms with Gasteiger partial charge in [-0.05, 0) is 75.3 Å². The predicted molar refractivity (Wildman–Crippen MR) is 231 cm³/mol. The molecule has 0 heterocycles. The number of benzene rings is 7. The highest BCUT2D eigenvalue weighted by Gasteiger charge is 2.11. The Bertz CT molecular complexity index is 2140. The summed E-state index contributed by atoms with van der Waals surface area (Å²) in [6.07, 6.45) is 1.13. The van der Waals surface area contributed by atoms with E-state index in [1.54, 1.807) is 0 Å². The maximum atomic E-state index is 12.0. The van der Waals surface area contributed by atoms with Gasteiger partial charge < -0.3 is 33.2 Å². The first-order valence-corrected chi connectivity index (χ1v) is 19.7. The van der Waals surface area contributed by atoms with E-state index in [-0.39, 0.29) is 19.8 Å². The monoisotopic (exact) mass is 798 g/mol. The molecule has 0 spiro atoms. The second-order valence-corrected chi connectivity index (χ2v) is 13.9. The third kappa shape index (κ3) is 13.0. The van der Waals surface area contributed by atoms with Crippen LogP contribution in [-0.2, 0) is 55.8 Å². The minimum Gasteiger partial charge on any atom is -0.489 e. The molecule has 0 fully saturated rings. The van der Waals surface area contributed by atoms with Crippen molar-refractivity contribution in [2.24, 2.45) is 0 Å². The lowest BCUT2D eigenvalue weighted by atomic mass is 10.2. The first-order chi connectivity index (χ1) is 29.5. The molecule has 0 saturated carbocycles. The van der Waals surface area contributed by atoms with Crippen LogP contribution >= 0.6 is 0 Å². The van der Waals surface area contributed by atoms with Crippen LogP contribution in [0.1, 0.15) is 38.9 Å². The van der Waals surface area contributed by atoms with Crippen LogP contribution in [0, 0.1) is 0 Å². The molecule has 0 unspecified atom stereocenters. The van der Waals surface area contributed by atoms with Crippen LogP contribution in [0.5, 0.6) is 34.5 Å². The lowest BCUT2D eigenvalue weighted by molar-refractivity contribution is -0.138. The molecule has 0 N–H and O–H groups in total. The van der Waals surface area contributed by atoms with Gasteiger partial charge in [-0.1, -0.05) is 128 Å². The number of carbonyl (C=O) groups is 1. The average molecular weight is 799 g/mol. The zero-order chi connectivity index (χ0) is 41.2. The van der Waals surface area contributed by atoms with E-state index in [1.165, 1.54) is 0 Å². The highest BCUT2D eigenvalue weighted by Crippen LogP contribution is 2.30. The SMILES string of the molecule is C=CC(=O)OCc1cc(OCc2cc(OCc3ccccc3)cc(OCc3ccccc3)c2)cc(OCc2cc(OCc3ccccc3)cc(OCc3ccccc3)c2)c1. The second kappa shape index (κ2) is 21.3. The summed E-state index contributed by atoms with van der Waals surface area (Å²) in [6.45, 7) is 5.52. The highest BCUT2D eigenvalue weighted by atomic mass is 16.5. The van der Waals surface area contributed by atoms with Crippen molar-refractivity contribution in [1.29, 1.82) is 0 Å². The molecule has 0 aliphatic heterocycles. The van der Waals surface area contributed by atoms with Gasteiger partial charge in [0.1, 0.15) is 80.7 Å².